The number of benzene rings is 1. The van der Waals surface area contributed by atoms with Crippen LogP contribution in [-0.4, -0.2) is 23.9 Å². The van der Waals surface area contributed by atoms with Gasteiger partial charge in [0.1, 0.15) is 0 Å². The predicted octanol–water partition coefficient (Wildman–Crippen LogP) is 2.33. The Bertz CT molecular complexity index is 403. The zero-order chi connectivity index (χ0) is 13.9. The van der Waals surface area contributed by atoms with Crippen molar-refractivity contribution in [1.82, 2.24) is 4.90 Å². The number of nitrogens with zero attached hydrogens (tertiary/aromatic N) is 1. The molecule has 2 N–H and O–H groups in total. The maximum atomic E-state index is 12.2. The average molecular weight is 248 g/mol. The second-order valence-corrected chi connectivity index (χ2v) is 6.02. The van der Waals surface area contributed by atoms with Crippen LogP contribution in [0.3, 0.4) is 0 Å². The van der Waals surface area contributed by atoms with E-state index in [9.17, 15) is 4.79 Å². The minimum absolute atomic E-state index is 0.0110. The van der Waals surface area contributed by atoms with Crippen molar-refractivity contribution in [2.75, 3.05) is 7.05 Å². The monoisotopic (exact) mass is 248 g/mol. The van der Waals surface area contributed by atoms with E-state index in [0.717, 1.165) is 5.56 Å². The summed E-state index contributed by atoms with van der Waals surface area (Å²) in [4.78, 5) is 13.9. The average Bonchev–Trinajstić information content (AvgIpc) is 2.29. The lowest BCUT2D eigenvalue weighted by molar-refractivity contribution is -0.134. The summed E-state index contributed by atoms with van der Waals surface area (Å²) < 4.78 is 0. The largest absolute Gasteiger partial charge is 0.340 e. The van der Waals surface area contributed by atoms with Crippen LogP contribution in [0.4, 0.5) is 0 Å². The summed E-state index contributed by atoms with van der Waals surface area (Å²) in [7, 11) is 1.80. The topological polar surface area (TPSA) is 46.3 Å². The zero-order valence-corrected chi connectivity index (χ0v) is 12.0. The molecular formula is C15H24N2O. The number of hydrogen-bond donors (Lipinski definition) is 1. The number of aryl methyl sites for hydroxylation is 1. The van der Waals surface area contributed by atoms with Crippen molar-refractivity contribution in [2.45, 2.75) is 40.3 Å². The molecule has 0 saturated heterocycles. The van der Waals surface area contributed by atoms with Gasteiger partial charge in [-0.05, 0) is 17.9 Å². The number of carbonyl (C=O) groups is 1. The molecule has 1 amide bonds. The Morgan fingerprint density at radius 1 is 1.28 bits per heavy atom. The van der Waals surface area contributed by atoms with Crippen LogP contribution in [0.1, 0.15) is 31.9 Å². The lowest BCUT2D eigenvalue weighted by Crippen LogP contribution is -2.48. The quantitative estimate of drug-likeness (QED) is 0.892. The highest BCUT2D eigenvalue weighted by molar-refractivity contribution is 5.82. The van der Waals surface area contributed by atoms with E-state index in [0.29, 0.717) is 6.54 Å². The van der Waals surface area contributed by atoms with Crippen molar-refractivity contribution in [3.05, 3.63) is 35.4 Å². The molecule has 1 aromatic carbocycles. The summed E-state index contributed by atoms with van der Waals surface area (Å²) in [5, 5.41) is 0. The molecule has 0 aliphatic carbocycles. The molecule has 0 fully saturated rings. The van der Waals surface area contributed by atoms with Gasteiger partial charge >= 0.3 is 0 Å². The third-order valence-electron chi connectivity index (χ3n) is 3.12. The maximum absolute atomic E-state index is 12.2. The molecule has 0 unspecified atom stereocenters. The third-order valence-corrected chi connectivity index (χ3v) is 3.12. The van der Waals surface area contributed by atoms with Crippen LogP contribution in [0, 0.1) is 12.3 Å². The molecule has 3 heteroatoms. The minimum Gasteiger partial charge on any atom is -0.340 e. The van der Waals surface area contributed by atoms with Gasteiger partial charge in [0.2, 0.25) is 5.91 Å². The fourth-order valence-electron chi connectivity index (χ4n) is 1.65. The summed E-state index contributed by atoms with van der Waals surface area (Å²) in [5.41, 5.74) is 8.12. The molecule has 0 radical (unpaired) electrons. The number of hydrogen-bond acceptors (Lipinski definition) is 2. The standard InChI is InChI=1S/C15H24N2O/c1-11-6-8-12(9-7-11)10-17(5)14(18)13(16)15(2,3)4/h6-9,13H,10,16H2,1-5H3/t13-/m0/s1. The summed E-state index contributed by atoms with van der Waals surface area (Å²) in [6.45, 7) is 8.59. The van der Waals surface area contributed by atoms with Crippen LogP contribution in [0.2, 0.25) is 0 Å². The van der Waals surface area contributed by atoms with Crippen LogP contribution in [0.5, 0.6) is 0 Å². The molecule has 0 saturated carbocycles. The van der Waals surface area contributed by atoms with Crippen molar-refractivity contribution in [3.63, 3.8) is 0 Å². The number of rotatable bonds is 3. The van der Waals surface area contributed by atoms with Gasteiger partial charge in [-0.2, -0.15) is 0 Å². The van der Waals surface area contributed by atoms with E-state index in [1.807, 2.05) is 39.8 Å². The highest BCUT2D eigenvalue weighted by Gasteiger charge is 2.29. The number of amides is 1. The van der Waals surface area contributed by atoms with E-state index in [4.69, 9.17) is 5.73 Å². The molecule has 1 atom stereocenters. The van der Waals surface area contributed by atoms with Gasteiger partial charge in [0.15, 0.2) is 0 Å². The Morgan fingerprint density at radius 3 is 2.22 bits per heavy atom. The molecule has 0 spiro atoms. The summed E-state index contributed by atoms with van der Waals surface area (Å²) in [5.74, 6) is -0.0110. The number of nitrogens with two attached hydrogens (primary N) is 1. The van der Waals surface area contributed by atoms with Gasteiger partial charge in [0, 0.05) is 13.6 Å². The second-order valence-electron chi connectivity index (χ2n) is 6.02. The molecule has 18 heavy (non-hydrogen) atoms. The van der Waals surface area contributed by atoms with Crippen molar-refractivity contribution in [3.8, 4) is 0 Å². The fraction of sp³-hybridized carbons (Fsp3) is 0.533. The lowest BCUT2D eigenvalue weighted by atomic mass is 9.86. The van der Waals surface area contributed by atoms with Crippen molar-refractivity contribution < 1.29 is 4.79 Å². The highest BCUT2D eigenvalue weighted by atomic mass is 16.2. The number of likely N-dealkylation sites (N-methyl/N-ethyl adjacent to an activating group) is 1. The van der Waals surface area contributed by atoms with Crippen LogP contribution in [-0.2, 0) is 11.3 Å². The van der Waals surface area contributed by atoms with Crippen molar-refractivity contribution in [1.29, 1.82) is 0 Å². The fourth-order valence-corrected chi connectivity index (χ4v) is 1.65. The van der Waals surface area contributed by atoms with Crippen LogP contribution < -0.4 is 5.73 Å². The summed E-state index contributed by atoms with van der Waals surface area (Å²) in [6, 6.07) is 7.73. The number of carbonyl (C=O) groups excluding carboxylic acids is 1. The molecule has 1 aromatic rings. The minimum atomic E-state index is -0.465. The van der Waals surface area contributed by atoms with E-state index in [2.05, 4.69) is 12.1 Å². The van der Waals surface area contributed by atoms with E-state index in [1.54, 1.807) is 11.9 Å². The van der Waals surface area contributed by atoms with E-state index in [-0.39, 0.29) is 11.3 Å². The summed E-state index contributed by atoms with van der Waals surface area (Å²) in [6.07, 6.45) is 0. The van der Waals surface area contributed by atoms with Gasteiger partial charge in [-0.25, -0.2) is 0 Å². The first-order valence-electron chi connectivity index (χ1n) is 6.28. The van der Waals surface area contributed by atoms with E-state index in [1.165, 1.54) is 5.56 Å². The lowest BCUT2D eigenvalue weighted by Gasteiger charge is -2.30. The molecule has 0 aliphatic heterocycles. The Morgan fingerprint density at radius 2 is 1.78 bits per heavy atom. The third kappa shape index (κ3) is 3.84. The van der Waals surface area contributed by atoms with Crippen molar-refractivity contribution in [2.24, 2.45) is 11.1 Å². The van der Waals surface area contributed by atoms with Gasteiger partial charge in [-0.15, -0.1) is 0 Å². The Balaban J connectivity index is 2.68. The molecule has 0 heterocycles. The smallest absolute Gasteiger partial charge is 0.240 e. The molecule has 1 rings (SSSR count). The second kappa shape index (κ2) is 5.53. The zero-order valence-electron chi connectivity index (χ0n) is 12.0. The van der Waals surface area contributed by atoms with E-state index >= 15 is 0 Å². The van der Waals surface area contributed by atoms with Gasteiger partial charge in [0.05, 0.1) is 6.04 Å². The Labute approximate surface area is 110 Å². The first-order chi connectivity index (χ1) is 8.21. The predicted molar refractivity (Wildman–Crippen MR) is 75.1 cm³/mol. The van der Waals surface area contributed by atoms with Crippen LogP contribution in [0.15, 0.2) is 24.3 Å². The first-order valence-corrected chi connectivity index (χ1v) is 6.28. The molecule has 0 aromatic heterocycles. The van der Waals surface area contributed by atoms with Crippen LogP contribution >= 0.6 is 0 Å². The van der Waals surface area contributed by atoms with Gasteiger partial charge < -0.3 is 10.6 Å². The molecule has 0 bridgehead atoms. The molecule has 100 valence electrons. The Hall–Kier alpha value is -1.35. The Kier molecular flexibility index (Phi) is 4.52. The molecule has 0 aliphatic rings. The summed E-state index contributed by atoms with van der Waals surface area (Å²) >= 11 is 0. The highest BCUT2D eigenvalue weighted by Crippen LogP contribution is 2.19. The molecule has 3 nitrogen and oxygen atoms in total. The van der Waals surface area contributed by atoms with Crippen molar-refractivity contribution >= 4 is 5.91 Å². The van der Waals surface area contributed by atoms with Gasteiger partial charge in [-0.3, -0.25) is 4.79 Å². The SMILES string of the molecule is Cc1ccc(CN(C)C(=O)[C@H](N)C(C)(C)C)cc1. The van der Waals surface area contributed by atoms with Gasteiger partial charge in [-0.1, -0.05) is 50.6 Å². The van der Waals surface area contributed by atoms with Crippen LogP contribution in [0.25, 0.3) is 0 Å². The maximum Gasteiger partial charge on any atom is 0.240 e. The van der Waals surface area contributed by atoms with E-state index < -0.39 is 6.04 Å². The first kappa shape index (κ1) is 14.7. The molecular weight excluding hydrogens is 224 g/mol. The van der Waals surface area contributed by atoms with Gasteiger partial charge in [0.25, 0.3) is 0 Å². The normalized spacial score (nSPS) is 13.2.